The van der Waals surface area contributed by atoms with E-state index in [1.807, 2.05) is 19.1 Å². The zero-order valence-electron chi connectivity index (χ0n) is 23.6. The third-order valence-electron chi connectivity index (χ3n) is 7.82. The highest BCUT2D eigenvalue weighted by Crippen LogP contribution is 2.42. The van der Waals surface area contributed by atoms with E-state index < -0.39 is 5.82 Å². The van der Waals surface area contributed by atoms with Crippen molar-refractivity contribution in [3.8, 4) is 0 Å². The first-order chi connectivity index (χ1) is 19.8. The van der Waals surface area contributed by atoms with Crippen LogP contribution in [-0.2, 0) is 9.63 Å². The van der Waals surface area contributed by atoms with Gasteiger partial charge in [-0.2, -0.15) is 0 Å². The molecule has 2 N–H and O–H groups in total. The molecular formula is C30H35ClFN7O2. The van der Waals surface area contributed by atoms with Gasteiger partial charge in [0, 0.05) is 42.2 Å². The smallest absolute Gasteiger partial charge is 0.248 e. The molecule has 0 bridgehead atoms. The van der Waals surface area contributed by atoms with Gasteiger partial charge >= 0.3 is 0 Å². The minimum atomic E-state index is -0.498. The van der Waals surface area contributed by atoms with Crippen LogP contribution in [0.2, 0.25) is 5.02 Å². The van der Waals surface area contributed by atoms with E-state index in [2.05, 4.69) is 42.6 Å². The largest absolute Gasteiger partial charge is 0.399 e. The molecule has 3 aromatic rings. The molecule has 11 heteroatoms. The highest BCUT2D eigenvalue weighted by atomic mass is 35.5. The van der Waals surface area contributed by atoms with E-state index in [-0.39, 0.29) is 16.3 Å². The summed E-state index contributed by atoms with van der Waals surface area (Å²) in [5, 5.41) is 11.0. The van der Waals surface area contributed by atoms with Gasteiger partial charge in [-0.15, -0.1) is 0 Å². The first-order valence-electron chi connectivity index (χ1n) is 13.8. The van der Waals surface area contributed by atoms with Crippen molar-refractivity contribution in [2.45, 2.75) is 32.6 Å². The summed E-state index contributed by atoms with van der Waals surface area (Å²) in [5.74, 6) is -0.267. The summed E-state index contributed by atoms with van der Waals surface area (Å²) in [4.78, 5) is 31.8. The molecule has 2 aliphatic heterocycles. The fraction of sp³-hybridized carbons (Fsp3) is 0.400. The molecule has 216 valence electrons. The summed E-state index contributed by atoms with van der Waals surface area (Å²) >= 11 is 6.00. The number of carbonyl (C=O) groups is 1. The third kappa shape index (κ3) is 6.60. The van der Waals surface area contributed by atoms with Crippen LogP contribution in [0.15, 0.2) is 54.0 Å². The Morgan fingerprint density at radius 2 is 2.05 bits per heavy atom. The molecule has 3 heterocycles. The van der Waals surface area contributed by atoms with Gasteiger partial charge in [0.25, 0.3) is 0 Å². The zero-order valence-corrected chi connectivity index (χ0v) is 24.3. The Kier molecular flexibility index (Phi) is 8.70. The fourth-order valence-corrected chi connectivity index (χ4v) is 6.03. The summed E-state index contributed by atoms with van der Waals surface area (Å²) in [7, 11) is 3.66. The minimum Gasteiger partial charge on any atom is -0.399 e. The lowest BCUT2D eigenvalue weighted by atomic mass is 9.79. The van der Waals surface area contributed by atoms with E-state index in [4.69, 9.17) is 16.4 Å². The molecule has 1 spiro atoms. The van der Waals surface area contributed by atoms with Gasteiger partial charge in [-0.3, -0.25) is 4.79 Å². The first kappa shape index (κ1) is 28.8. The van der Waals surface area contributed by atoms with Crippen molar-refractivity contribution < 1.29 is 14.0 Å². The highest BCUT2D eigenvalue weighted by Gasteiger charge is 2.40. The Hall–Kier alpha value is -3.76. The van der Waals surface area contributed by atoms with Gasteiger partial charge in [-0.1, -0.05) is 23.7 Å². The van der Waals surface area contributed by atoms with Crippen LogP contribution < -0.4 is 15.5 Å². The molecule has 0 aliphatic carbocycles. The molecule has 2 saturated heterocycles. The van der Waals surface area contributed by atoms with E-state index in [1.165, 1.54) is 38.1 Å². The number of fused-ring (bicyclic) bond motifs is 1. The number of halogens is 2. The Morgan fingerprint density at radius 1 is 1.20 bits per heavy atom. The number of nitrogens with zero attached hydrogens (tertiary/aromatic N) is 5. The number of hydrogen-bond acceptors (Lipinski definition) is 8. The monoisotopic (exact) mass is 579 g/mol. The average molecular weight is 580 g/mol. The molecule has 9 nitrogen and oxygen atoms in total. The van der Waals surface area contributed by atoms with Crippen LogP contribution in [0.4, 0.5) is 27.3 Å². The van der Waals surface area contributed by atoms with Crippen LogP contribution in [0.25, 0.3) is 10.9 Å². The van der Waals surface area contributed by atoms with E-state index in [1.54, 1.807) is 12.1 Å². The van der Waals surface area contributed by atoms with Crippen LogP contribution in [0.3, 0.4) is 0 Å². The molecule has 1 atom stereocenters. The number of benzene rings is 2. The maximum Gasteiger partial charge on any atom is 0.248 e. The number of hydrogen-bond donors (Lipinski definition) is 2. The number of allylic oxidation sites excluding steroid dienone is 1. The number of nitrogens with one attached hydrogen (secondary N) is 2. The number of carbonyl (C=O) groups excluding carboxylic acids is 1. The first-order valence-corrected chi connectivity index (χ1v) is 14.2. The van der Waals surface area contributed by atoms with Gasteiger partial charge in [-0.25, -0.2) is 14.4 Å². The number of aromatic nitrogens is 2. The summed E-state index contributed by atoms with van der Waals surface area (Å²) in [6.07, 6.45) is 8.66. The van der Waals surface area contributed by atoms with Crippen molar-refractivity contribution in [1.82, 2.24) is 14.9 Å². The predicted octanol–water partition coefficient (Wildman–Crippen LogP) is 6.00. The molecule has 2 aliphatic rings. The summed E-state index contributed by atoms with van der Waals surface area (Å²) in [6, 6.07) is 8.31. The number of piperidine rings is 1. The molecular weight excluding hydrogens is 545 g/mol. The number of oxime groups is 1. The van der Waals surface area contributed by atoms with Crippen LogP contribution in [0.1, 0.15) is 32.6 Å². The van der Waals surface area contributed by atoms with Gasteiger partial charge in [0.1, 0.15) is 25.1 Å². The van der Waals surface area contributed by atoms with Crippen LogP contribution in [-0.4, -0.2) is 66.8 Å². The lowest BCUT2D eigenvalue weighted by Gasteiger charge is -2.42. The lowest BCUT2D eigenvalue weighted by Crippen LogP contribution is -2.45. The Labute approximate surface area is 244 Å². The SMILES string of the molecule is CCC(/C=C/C(=O)Nc1cc2c(Nc3ccc(F)c(Cl)c3)ncnc2cc1N1CCCC2(CCN(C)C2)C1)=N/OC. The molecule has 2 aromatic carbocycles. The lowest BCUT2D eigenvalue weighted by molar-refractivity contribution is -0.111. The Morgan fingerprint density at radius 3 is 2.78 bits per heavy atom. The minimum absolute atomic E-state index is 0.00966. The summed E-state index contributed by atoms with van der Waals surface area (Å²) in [5.41, 5.74) is 3.78. The van der Waals surface area contributed by atoms with Gasteiger partial charge in [0.05, 0.1) is 27.6 Å². The second kappa shape index (κ2) is 12.4. The van der Waals surface area contributed by atoms with Gasteiger partial charge < -0.3 is 25.3 Å². The standard InChI is InChI=1S/C30H35ClFN7O2/c1-4-20(37-41-3)7-9-28(40)36-26-15-22-25(33-19-34-29(22)35-21-6-8-24(32)23(31)14-21)16-27(26)39-12-5-10-30(18-39)11-13-38(2)17-30/h6-9,14-16,19H,4-5,10-13,17-18H2,1-3H3,(H,36,40)(H,33,34,35)/b9-7+,37-20-. The van der Waals surface area contributed by atoms with Crippen molar-refractivity contribution in [2.24, 2.45) is 10.6 Å². The molecule has 1 amide bonds. The van der Waals surface area contributed by atoms with Crippen LogP contribution in [0, 0.1) is 11.2 Å². The van der Waals surface area contributed by atoms with Crippen molar-refractivity contribution in [2.75, 3.05) is 55.9 Å². The molecule has 1 unspecified atom stereocenters. The molecule has 0 saturated carbocycles. The summed E-state index contributed by atoms with van der Waals surface area (Å²) in [6.45, 7) is 5.90. The normalized spacial score (nSPS) is 19.8. The summed E-state index contributed by atoms with van der Waals surface area (Å²) < 4.78 is 13.7. The van der Waals surface area contributed by atoms with Crippen molar-refractivity contribution in [3.63, 3.8) is 0 Å². The molecule has 0 radical (unpaired) electrons. The second-order valence-corrected chi connectivity index (χ2v) is 11.2. The molecule has 1 aromatic heterocycles. The maximum absolute atomic E-state index is 13.7. The van der Waals surface area contributed by atoms with Gasteiger partial charge in [-0.05, 0) is 75.7 Å². The van der Waals surface area contributed by atoms with Crippen LogP contribution in [0.5, 0.6) is 0 Å². The topological polar surface area (TPSA) is 95.0 Å². The number of likely N-dealkylation sites (tertiary alicyclic amines) is 1. The van der Waals surface area contributed by atoms with Gasteiger partial charge in [0.2, 0.25) is 5.91 Å². The van der Waals surface area contributed by atoms with Crippen molar-refractivity contribution in [3.05, 3.63) is 59.7 Å². The highest BCUT2D eigenvalue weighted by molar-refractivity contribution is 6.31. The Bertz CT molecular complexity index is 1490. The fourth-order valence-electron chi connectivity index (χ4n) is 5.85. The zero-order chi connectivity index (χ0) is 29.0. The van der Waals surface area contributed by atoms with E-state index >= 15 is 0 Å². The van der Waals surface area contributed by atoms with Crippen molar-refractivity contribution >= 4 is 57.0 Å². The number of anilines is 4. The van der Waals surface area contributed by atoms with E-state index in [0.29, 0.717) is 34.7 Å². The number of rotatable bonds is 8. The maximum atomic E-state index is 13.7. The average Bonchev–Trinajstić information content (AvgIpc) is 3.31. The molecule has 41 heavy (non-hydrogen) atoms. The number of amides is 1. The molecule has 5 rings (SSSR count). The molecule has 2 fully saturated rings. The second-order valence-electron chi connectivity index (χ2n) is 10.8. The quantitative estimate of drug-likeness (QED) is 0.192. The van der Waals surface area contributed by atoms with E-state index in [9.17, 15) is 9.18 Å². The Balaban J connectivity index is 1.53. The van der Waals surface area contributed by atoms with Crippen LogP contribution >= 0.6 is 11.6 Å². The van der Waals surface area contributed by atoms with Crippen molar-refractivity contribution in [1.29, 1.82) is 0 Å². The van der Waals surface area contributed by atoms with E-state index in [0.717, 1.165) is 50.2 Å². The van der Waals surface area contributed by atoms with Gasteiger partial charge in [0.15, 0.2) is 0 Å². The third-order valence-corrected chi connectivity index (χ3v) is 8.11. The predicted molar refractivity (Wildman–Crippen MR) is 163 cm³/mol.